The van der Waals surface area contributed by atoms with Crippen LogP contribution in [0, 0.1) is 5.82 Å². The highest BCUT2D eigenvalue weighted by Crippen LogP contribution is 2.39. The van der Waals surface area contributed by atoms with Gasteiger partial charge in [-0.25, -0.2) is 14.2 Å². The number of para-hydroxylation sites is 1. The Morgan fingerprint density at radius 1 is 1.02 bits per heavy atom. The minimum atomic E-state index is -4.50. The first-order valence-corrected chi connectivity index (χ1v) is 18.0. The highest BCUT2D eigenvalue weighted by Gasteiger charge is 2.57. The molecule has 2 aromatic heterocycles. The molecule has 48 heavy (non-hydrogen) atoms. The Labute approximate surface area is 285 Å². The Morgan fingerprint density at radius 2 is 1.71 bits per heavy atom. The number of hydrogen-bond donors (Lipinski definition) is 1. The lowest BCUT2D eigenvalue weighted by Gasteiger charge is -2.37. The second kappa shape index (κ2) is 13.3. The van der Waals surface area contributed by atoms with Crippen LogP contribution < -0.4 is 15.1 Å². The van der Waals surface area contributed by atoms with Crippen LogP contribution in [-0.2, 0) is 22.7 Å². The Bertz CT molecular complexity index is 1910. The summed E-state index contributed by atoms with van der Waals surface area (Å²) in [6, 6.07) is 16.4. The third kappa shape index (κ3) is 6.50. The average molecular weight is 723 g/mol. The number of thiophene rings is 1. The summed E-state index contributed by atoms with van der Waals surface area (Å²) in [5, 5.41) is 2.85. The molecule has 6 rings (SSSR count). The number of quaternary nitrogens is 1. The first-order chi connectivity index (χ1) is 22.8. The first kappa shape index (κ1) is 34.2. The van der Waals surface area contributed by atoms with Crippen molar-refractivity contribution in [2.45, 2.75) is 42.7 Å². The second-order valence-electron chi connectivity index (χ2n) is 11.9. The van der Waals surface area contributed by atoms with Gasteiger partial charge >= 0.3 is 22.2 Å². The summed E-state index contributed by atoms with van der Waals surface area (Å²) < 4.78 is 81.7. The molecule has 0 aliphatic carbocycles. The van der Waals surface area contributed by atoms with Gasteiger partial charge in [0, 0.05) is 51.1 Å². The number of carbonyl (C=O) groups is 1. The fourth-order valence-corrected chi connectivity index (χ4v) is 10.2. The summed E-state index contributed by atoms with van der Waals surface area (Å²) in [5.74, 6) is 0.215. The van der Waals surface area contributed by atoms with Crippen LogP contribution in [0.2, 0.25) is 4.34 Å². The molecule has 254 valence electrons. The van der Waals surface area contributed by atoms with Gasteiger partial charge in [0.15, 0.2) is 4.21 Å². The fraction of sp³-hybridized carbons (Fsp3) is 0.333. The zero-order valence-electron chi connectivity index (χ0n) is 25.9. The molecule has 2 aliphatic heterocycles. The molecule has 1 N–H and O–H groups in total. The average Bonchev–Trinajstić information content (AvgIpc) is 3.70. The van der Waals surface area contributed by atoms with E-state index in [1.165, 1.54) is 30.3 Å². The molecule has 2 saturated heterocycles. The van der Waals surface area contributed by atoms with E-state index in [2.05, 4.69) is 5.32 Å². The predicted molar refractivity (Wildman–Crippen MR) is 178 cm³/mol. The molecule has 2 atom stereocenters. The Balaban J connectivity index is 1.29. The smallest absolute Gasteiger partial charge is 0.366 e. The molecule has 2 fully saturated rings. The number of piperazine rings is 1. The topological polar surface area (TPSA) is 82.6 Å². The van der Waals surface area contributed by atoms with E-state index in [9.17, 15) is 30.8 Å². The lowest BCUT2D eigenvalue weighted by atomic mass is 10.1. The Morgan fingerprint density at radius 3 is 2.31 bits per heavy atom. The van der Waals surface area contributed by atoms with Gasteiger partial charge in [0.1, 0.15) is 24.2 Å². The Hall–Kier alpha value is -3.72. The standard InChI is InChI=1S/C33H32ClF4N5O3S2/c1-22-5-4-18-43(22,48(45,46)31-13-12-29(34)47-31)32(44)39-21-23-19-27(24-8-10-25(11-9-24)33(36,37)38)40-30(20-23)42-16-14-41(15-17-42)28-7-3-2-6-26(28)35/h2-3,6-13,19-20,22H,4-5,14-18,21H2,1H3/p+1/t22-,43?/m1/s1. The van der Waals surface area contributed by atoms with Crippen molar-refractivity contribution in [3.05, 3.63) is 94.1 Å². The molecule has 1 unspecified atom stereocenters. The zero-order chi connectivity index (χ0) is 34.3. The van der Waals surface area contributed by atoms with Crippen LogP contribution in [0.25, 0.3) is 11.3 Å². The van der Waals surface area contributed by atoms with Gasteiger partial charge in [-0.05, 0) is 61.0 Å². The number of aromatic nitrogens is 1. The minimum absolute atomic E-state index is 0.0155. The summed E-state index contributed by atoms with van der Waals surface area (Å²) in [6.45, 7) is 3.78. The van der Waals surface area contributed by atoms with Crippen LogP contribution in [0.5, 0.6) is 0 Å². The molecule has 2 amide bonds. The van der Waals surface area contributed by atoms with E-state index in [4.69, 9.17) is 16.6 Å². The largest absolute Gasteiger partial charge is 0.432 e. The molecule has 0 bridgehead atoms. The van der Waals surface area contributed by atoms with Crippen LogP contribution in [0.4, 0.5) is 33.9 Å². The van der Waals surface area contributed by atoms with Crippen molar-refractivity contribution in [2.75, 3.05) is 42.5 Å². The maximum absolute atomic E-state index is 14.5. The van der Waals surface area contributed by atoms with Crippen LogP contribution in [0.3, 0.4) is 0 Å². The highest BCUT2D eigenvalue weighted by atomic mass is 35.5. The summed E-state index contributed by atoms with van der Waals surface area (Å²) in [5.41, 5.74) is 1.13. The maximum atomic E-state index is 14.5. The molecule has 4 heterocycles. The van der Waals surface area contributed by atoms with Crippen molar-refractivity contribution in [2.24, 2.45) is 0 Å². The summed E-state index contributed by atoms with van der Waals surface area (Å²) in [4.78, 5) is 22.6. The van der Waals surface area contributed by atoms with E-state index in [0.29, 0.717) is 71.7 Å². The van der Waals surface area contributed by atoms with Crippen molar-refractivity contribution in [1.29, 1.82) is 0 Å². The highest BCUT2D eigenvalue weighted by molar-refractivity contribution is 7.88. The van der Waals surface area contributed by atoms with Crippen LogP contribution in [0.15, 0.2) is 77.0 Å². The van der Waals surface area contributed by atoms with Gasteiger partial charge in [-0.15, -0.1) is 15.2 Å². The summed E-state index contributed by atoms with van der Waals surface area (Å²) in [7, 11) is -4.14. The lowest BCUT2D eigenvalue weighted by Crippen LogP contribution is -2.62. The zero-order valence-corrected chi connectivity index (χ0v) is 28.3. The lowest BCUT2D eigenvalue weighted by molar-refractivity contribution is -0.733. The number of amides is 2. The molecule has 0 radical (unpaired) electrons. The molecule has 15 heteroatoms. The number of pyridine rings is 1. The number of benzene rings is 2. The van der Waals surface area contributed by atoms with Gasteiger partial charge in [0.05, 0.1) is 21.3 Å². The number of urea groups is 1. The van der Waals surface area contributed by atoms with E-state index in [0.717, 1.165) is 23.5 Å². The third-order valence-corrected chi connectivity index (χ3v) is 13.1. The third-order valence-electron chi connectivity index (χ3n) is 9.02. The number of carbonyl (C=O) groups excluding carboxylic acids is 1. The monoisotopic (exact) mass is 722 g/mol. The van der Waals surface area contributed by atoms with Gasteiger partial charge in [-0.3, -0.25) is 0 Å². The number of anilines is 2. The minimum Gasteiger partial charge on any atom is -0.366 e. The molecule has 2 aliphatic rings. The van der Waals surface area contributed by atoms with E-state index in [1.807, 2.05) is 9.80 Å². The Kier molecular flexibility index (Phi) is 9.46. The van der Waals surface area contributed by atoms with Gasteiger partial charge in [0.25, 0.3) is 0 Å². The van der Waals surface area contributed by atoms with Gasteiger partial charge in [0.2, 0.25) is 0 Å². The van der Waals surface area contributed by atoms with E-state index < -0.39 is 37.7 Å². The molecular formula is C33H33ClF4N5O3S2+. The maximum Gasteiger partial charge on any atom is 0.432 e. The van der Waals surface area contributed by atoms with Crippen molar-refractivity contribution >= 4 is 50.5 Å². The van der Waals surface area contributed by atoms with Crippen molar-refractivity contribution in [1.82, 2.24) is 10.3 Å². The first-order valence-electron chi connectivity index (χ1n) is 15.4. The fourth-order valence-electron chi connectivity index (χ4n) is 6.42. The molecule has 0 spiro atoms. The molecule has 2 aromatic carbocycles. The summed E-state index contributed by atoms with van der Waals surface area (Å²) >= 11 is 6.97. The number of nitrogens with one attached hydrogen (secondary N) is 1. The number of alkyl halides is 3. The van der Waals surface area contributed by atoms with Crippen LogP contribution in [0.1, 0.15) is 30.9 Å². The van der Waals surface area contributed by atoms with E-state index in [1.54, 1.807) is 37.3 Å². The summed E-state index contributed by atoms with van der Waals surface area (Å²) in [6.07, 6.45) is -3.41. The number of nitrogens with zero attached hydrogens (tertiary/aromatic N) is 4. The number of halogens is 5. The van der Waals surface area contributed by atoms with Gasteiger partial charge in [-0.1, -0.05) is 35.9 Å². The van der Waals surface area contributed by atoms with Crippen LogP contribution >= 0.6 is 22.9 Å². The van der Waals surface area contributed by atoms with E-state index in [-0.39, 0.29) is 23.1 Å². The van der Waals surface area contributed by atoms with Crippen LogP contribution in [-0.4, -0.2) is 62.1 Å². The van der Waals surface area contributed by atoms with Crippen molar-refractivity contribution in [3.8, 4) is 11.3 Å². The molecule has 0 saturated carbocycles. The molecule has 4 aromatic rings. The van der Waals surface area contributed by atoms with Crippen molar-refractivity contribution < 1.29 is 34.7 Å². The van der Waals surface area contributed by atoms with Gasteiger partial charge < -0.3 is 15.1 Å². The second-order valence-corrected chi connectivity index (χ2v) is 15.9. The van der Waals surface area contributed by atoms with Gasteiger partial charge in [-0.2, -0.15) is 21.6 Å². The van der Waals surface area contributed by atoms with E-state index >= 15 is 0 Å². The number of hydrogen-bond acceptors (Lipinski definition) is 7. The number of likely N-dealkylation sites (tertiary alicyclic amines) is 1. The molecule has 8 nitrogen and oxygen atoms in total. The molecular weight excluding hydrogens is 690 g/mol. The van der Waals surface area contributed by atoms with Crippen molar-refractivity contribution in [3.63, 3.8) is 0 Å². The number of rotatable bonds is 7. The quantitative estimate of drug-likeness (QED) is 0.157. The number of sulfonamides is 1. The SMILES string of the molecule is C[C@@H]1CCC[N+]1(C(=O)NCc1cc(-c2ccc(C(F)(F)F)cc2)nc(N2CCN(c3ccccc3F)CC2)c1)S(=O)(=O)c1ccc(Cl)s1. The normalized spacial score (nSPS) is 20.2. The predicted octanol–water partition coefficient (Wildman–Crippen LogP) is 7.55.